The van der Waals surface area contributed by atoms with Crippen LogP contribution < -0.4 is 14.8 Å². The van der Waals surface area contributed by atoms with Crippen LogP contribution in [0.15, 0.2) is 77.7 Å². The van der Waals surface area contributed by atoms with E-state index in [4.69, 9.17) is 4.74 Å². The van der Waals surface area contributed by atoms with Crippen molar-refractivity contribution in [3.63, 3.8) is 0 Å². The molecule has 0 atom stereocenters. The standard InChI is InChI=1S/C22H22N2O4S/c1-16-8-13-20(29(26,27)24-18-9-11-19(28-2)12-10-18)14-21(16)22(25)23-15-17-6-4-3-5-7-17/h3-14,24H,15H2,1-2H3,(H,23,25). The fourth-order valence-corrected chi connectivity index (χ4v) is 3.84. The van der Waals surface area contributed by atoms with E-state index in [1.54, 1.807) is 37.3 Å². The van der Waals surface area contributed by atoms with E-state index in [0.717, 1.165) is 5.56 Å². The molecule has 0 spiro atoms. The molecule has 7 heteroatoms. The number of anilines is 1. The average Bonchev–Trinajstić information content (AvgIpc) is 2.73. The number of rotatable bonds is 7. The minimum Gasteiger partial charge on any atom is -0.497 e. The third-order valence-corrected chi connectivity index (χ3v) is 5.78. The molecule has 0 radical (unpaired) electrons. The minimum absolute atomic E-state index is 0.0174. The lowest BCUT2D eigenvalue weighted by atomic mass is 10.1. The molecule has 0 aromatic heterocycles. The maximum absolute atomic E-state index is 12.7. The monoisotopic (exact) mass is 410 g/mol. The van der Waals surface area contributed by atoms with Gasteiger partial charge in [0.2, 0.25) is 0 Å². The Balaban J connectivity index is 1.78. The van der Waals surface area contributed by atoms with Crippen LogP contribution in [-0.2, 0) is 16.6 Å². The molecule has 0 aliphatic heterocycles. The molecule has 3 aromatic carbocycles. The molecular weight excluding hydrogens is 388 g/mol. The second-order valence-corrected chi connectivity index (χ2v) is 8.16. The number of hydrogen-bond acceptors (Lipinski definition) is 4. The zero-order valence-electron chi connectivity index (χ0n) is 16.2. The summed E-state index contributed by atoms with van der Waals surface area (Å²) in [6.07, 6.45) is 0. The van der Waals surface area contributed by atoms with Crippen molar-refractivity contribution in [3.05, 3.63) is 89.5 Å². The van der Waals surface area contributed by atoms with Crippen LogP contribution in [0.2, 0.25) is 0 Å². The van der Waals surface area contributed by atoms with Crippen molar-refractivity contribution in [2.24, 2.45) is 0 Å². The van der Waals surface area contributed by atoms with Crippen molar-refractivity contribution in [2.75, 3.05) is 11.8 Å². The SMILES string of the molecule is COc1ccc(NS(=O)(=O)c2ccc(C)c(C(=O)NCc3ccccc3)c2)cc1. The van der Waals surface area contributed by atoms with E-state index in [1.807, 2.05) is 30.3 Å². The van der Waals surface area contributed by atoms with E-state index in [9.17, 15) is 13.2 Å². The van der Waals surface area contributed by atoms with Crippen molar-refractivity contribution >= 4 is 21.6 Å². The minimum atomic E-state index is -3.84. The van der Waals surface area contributed by atoms with Gasteiger partial charge >= 0.3 is 0 Å². The highest BCUT2D eigenvalue weighted by atomic mass is 32.2. The highest BCUT2D eigenvalue weighted by Crippen LogP contribution is 2.21. The Hall–Kier alpha value is -3.32. The van der Waals surface area contributed by atoms with Gasteiger partial charge in [-0.05, 0) is 54.4 Å². The molecule has 0 saturated carbocycles. The molecule has 29 heavy (non-hydrogen) atoms. The van der Waals surface area contributed by atoms with E-state index in [-0.39, 0.29) is 10.8 Å². The van der Waals surface area contributed by atoms with Crippen molar-refractivity contribution in [1.29, 1.82) is 0 Å². The highest BCUT2D eigenvalue weighted by molar-refractivity contribution is 7.92. The highest BCUT2D eigenvalue weighted by Gasteiger charge is 2.18. The molecule has 0 aliphatic rings. The van der Waals surface area contributed by atoms with Gasteiger partial charge in [0.1, 0.15) is 5.75 Å². The molecule has 150 valence electrons. The number of amides is 1. The maximum atomic E-state index is 12.7. The number of ether oxygens (including phenoxy) is 1. The molecule has 3 rings (SSSR count). The van der Waals surface area contributed by atoms with Gasteiger partial charge in [0.25, 0.3) is 15.9 Å². The topological polar surface area (TPSA) is 84.5 Å². The van der Waals surface area contributed by atoms with Crippen molar-refractivity contribution in [3.8, 4) is 5.75 Å². The molecule has 0 fully saturated rings. The largest absolute Gasteiger partial charge is 0.497 e. The molecule has 6 nitrogen and oxygen atoms in total. The number of methoxy groups -OCH3 is 1. The molecule has 0 saturated heterocycles. The number of benzene rings is 3. The first-order valence-electron chi connectivity index (χ1n) is 8.99. The Labute approximate surface area is 170 Å². The van der Waals surface area contributed by atoms with Gasteiger partial charge in [-0.25, -0.2) is 8.42 Å². The van der Waals surface area contributed by atoms with Crippen LogP contribution in [0.3, 0.4) is 0 Å². The van der Waals surface area contributed by atoms with Gasteiger partial charge in [0, 0.05) is 17.8 Å². The summed E-state index contributed by atoms with van der Waals surface area (Å²) >= 11 is 0. The van der Waals surface area contributed by atoms with Gasteiger partial charge in [-0.2, -0.15) is 0 Å². The molecule has 3 aromatic rings. The predicted octanol–water partition coefficient (Wildman–Crippen LogP) is 3.73. The van der Waals surface area contributed by atoms with Crippen LogP contribution in [0.1, 0.15) is 21.5 Å². The lowest BCUT2D eigenvalue weighted by Gasteiger charge is -2.12. The smallest absolute Gasteiger partial charge is 0.261 e. The van der Waals surface area contributed by atoms with Crippen LogP contribution in [0.25, 0.3) is 0 Å². The lowest BCUT2D eigenvalue weighted by Crippen LogP contribution is -2.24. The van der Waals surface area contributed by atoms with Gasteiger partial charge in [0.15, 0.2) is 0 Å². The summed E-state index contributed by atoms with van der Waals surface area (Å²) in [6.45, 7) is 2.13. The summed E-state index contributed by atoms with van der Waals surface area (Å²) < 4.78 is 33.1. The summed E-state index contributed by atoms with van der Waals surface area (Å²) in [5, 5.41) is 2.83. The molecule has 2 N–H and O–H groups in total. The van der Waals surface area contributed by atoms with E-state index >= 15 is 0 Å². The van der Waals surface area contributed by atoms with Gasteiger partial charge in [-0.3, -0.25) is 9.52 Å². The van der Waals surface area contributed by atoms with Gasteiger partial charge in [-0.15, -0.1) is 0 Å². The van der Waals surface area contributed by atoms with Crippen LogP contribution in [0.4, 0.5) is 5.69 Å². The predicted molar refractivity (Wildman–Crippen MR) is 113 cm³/mol. The van der Waals surface area contributed by atoms with Crippen LogP contribution >= 0.6 is 0 Å². The number of sulfonamides is 1. The first-order valence-corrected chi connectivity index (χ1v) is 10.5. The molecule has 0 unspecified atom stereocenters. The third-order valence-electron chi connectivity index (χ3n) is 4.40. The average molecular weight is 410 g/mol. The first-order chi connectivity index (χ1) is 13.9. The first kappa shape index (κ1) is 20.4. The second-order valence-electron chi connectivity index (χ2n) is 6.48. The van der Waals surface area contributed by atoms with E-state index in [0.29, 0.717) is 29.1 Å². The van der Waals surface area contributed by atoms with Crippen LogP contribution in [0, 0.1) is 6.92 Å². The summed E-state index contributed by atoms with van der Waals surface area (Å²) in [7, 11) is -2.31. The lowest BCUT2D eigenvalue weighted by molar-refractivity contribution is 0.0950. The quantitative estimate of drug-likeness (QED) is 0.622. The summed E-state index contributed by atoms with van der Waals surface area (Å²) in [4.78, 5) is 12.6. The van der Waals surface area contributed by atoms with Gasteiger partial charge in [-0.1, -0.05) is 36.4 Å². The molecule has 0 aliphatic carbocycles. The number of hydrogen-bond donors (Lipinski definition) is 2. The fraction of sp³-hybridized carbons (Fsp3) is 0.136. The second kappa shape index (κ2) is 8.79. The zero-order valence-corrected chi connectivity index (χ0v) is 17.0. The van der Waals surface area contributed by atoms with Crippen molar-refractivity contribution in [1.82, 2.24) is 5.32 Å². The van der Waals surface area contributed by atoms with E-state index < -0.39 is 10.0 Å². The number of carbonyl (C=O) groups excluding carboxylic acids is 1. The maximum Gasteiger partial charge on any atom is 0.261 e. The Morgan fingerprint density at radius 2 is 1.66 bits per heavy atom. The molecule has 0 bridgehead atoms. The third kappa shape index (κ3) is 5.14. The summed E-state index contributed by atoms with van der Waals surface area (Å²) in [5.41, 5.74) is 2.38. The van der Waals surface area contributed by atoms with Crippen molar-refractivity contribution < 1.29 is 17.9 Å². The van der Waals surface area contributed by atoms with E-state index in [2.05, 4.69) is 10.0 Å². The zero-order chi connectivity index (χ0) is 20.9. The molecule has 0 heterocycles. The molecule has 1 amide bonds. The fourth-order valence-electron chi connectivity index (χ4n) is 2.76. The van der Waals surface area contributed by atoms with Crippen LogP contribution in [-0.4, -0.2) is 21.4 Å². The Morgan fingerprint density at radius 1 is 0.966 bits per heavy atom. The van der Waals surface area contributed by atoms with Gasteiger partial charge < -0.3 is 10.1 Å². The Morgan fingerprint density at radius 3 is 2.31 bits per heavy atom. The van der Waals surface area contributed by atoms with E-state index in [1.165, 1.54) is 19.2 Å². The summed E-state index contributed by atoms with van der Waals surface area (Å²) in [6, 6.07) is 20.5. The van der Waals surface area contributed by atoms with Crippen molar-refractivity contribution in [2.45, 2.75) is 18.4 Å². The van der Waals surface area contributed by atoms with Crippen LogP contribution in [0.5, 0.6) is 5.75 Å². The normalized spacial score (nSPS) is 11.0. The number of nitrogens with one attached hydrogen (secondary N) is 2. The van der Waals surface area contributed by atoms with Gasteiger partial charge in [0.05, 0.1) is 12.0 Å². The Kier molecular flexibility index (Phi) is 6.19. The molecular formula is C22H22N2O4S. The number of aryl methyl sites for hydroxylation is 1. The summed E-state index contributed by atoms with van der Waals surface area (Å²) in [5.74, 6) is 0.300. The Bertz CT molecular complexity index is 1100. The number of carbonyl (C=O) groups is 1.